The molecule has 1 N–H and O–H groups in total. The number of rotatable bonds is 12. The maximum atomic E-state index is 12.6. The first-order chi connectivity index (χ1) is 22.7. The highest BCUT2D eigenvalue weighted by Gasteiger charge is 2.19. The number of nitrogens with zero attached hydrogens (tertiary/aromatic N) is 3. The van der Waals surface area contributed by atoms with Gasteiger partial charge in [0.25, 0.3) is 0 Å². The smallest absolute Gasteiger partial charge is 0.193 e. The summed E-state index contributed by atoms with van der Waals surface area (Å²) >= 11 is 0. The SMILES string of the molecule is O=c1cc(-c2ccccc2)oc2cc(OCCCCN3CCN(CCCNc4c5c(nc6ccccc46)CCCC5)CC3)ccc12. The minimum atomic E-state index is -0.0414. The minimum absolute atomic E-state index is 0.0414. The molecule has 0 unspecified atom stereocenters. The highest BCUT2D eigenvalue weighted by molar-refractivity contribution is 5.93. The van der Waals surface area contributed by atoms with Crippen LogP contribution in [0, 0.1) is 0 Å². The fraction of sp³-hybridized carbons (Fsp3) is 0.385. The summed E-state index contributed by atoms with van der Waals surface area (Å²) < 4.78 is 12.1. The largest absolute Gasteiger partial charge is 0.493 e. The third-order valence-electron chi connectivity index (χ3n) is 9.48. The van der Waals surface area contributed by atoms with E-state index in [1.54, 1.807) is 12.1 Å². The van der Waals surface area contributed by atoms with Crippen LogP contribution in [-0.4, -0.2) is 67.2 Å². The van der Waals surface area contributed by atoms with Crippen LogP contribution in [0.3, 0.4) is 0 Å². The molecule has 7 heteroatoms. The normalized spacial score (nSPS) is 15.7. The molecule has 1 fully saturated rings. The van der Waals surface area contributed by atoms with Gasteiger partial charge in [0, 0.05) is 67.2 Å². The van der Waals surface area contributed by atoms with Crippen LogP contribution in [0.5, 0.6) is 5.75 Å². The van der Waals surface area contributed by atoms with Gasteiger partial charge in [-0.25, -0.2) is 0 Å². The lowest BCUT2D eigenvalue weighted by Gasteiger charge is -2.34. The lowest BCUT2D eigenvalue weighted by atomic mass is 9.92. The fourth-order valence-corrected chi connectivity index (χ4v) is 6.92. The van der Waals surface area contributed by atoms with Crippen LogP contribution in [0.1, 0.15) is 43.4 Å². The molecular weight excluding hydrogens is 572 g/mol. The number of aryl methyl sites for hydroxylation is 1. The number of pyridine rings is 1. The molecule has 2 aromatic heterocycles. The highest BCUT2D eigenvalue weighted by atomic mass is 16.5. The molecular formula is C39H44N4O3. The van der Waals surface area contributed by atoms with Crippen molar-refractivity contribution >= 4 is 27.6 Å². The van der Waals surface area contributed by atoms with Gasteiger partial charge in [0.05, 0.1) is 17.5 Å². The highest BCUT2D eigenvalue weighted by Crippen LogP contribution is 2.33. The van der Waals surface area contributed by atoms with Gasteiger partial charge in [-0.2, -0.15) is 0 Å². The van der Waals surface area contributed by atoms with E-state index in [4.69, 9.17) is 14.1 Å². The molecule has 3 heterocycles. The number of hydrogen-bond acceptors (Lipinski definition) is 7. The summed E-state index contributed by atoms with van der Waals surface area (Å²) in [5.74, 6) is 1.31. The van der Waals surface area contributed by atoms with Gasteiger partial charge >= 0.3 is 0 Å². The summed E-state index contributed by atoms with van der Waals surface area (Å²) in [4.78, 5) is 22.8. The Morgan fingerprint density at radius 1 is 0.783 bits per heavy atom. The number of piperazine rings is 1. The van der Waals surface area contributed by atoms with E-state index in [2.05, 4.69) is 39.4 Å². The average Bonchev–Trinajstić information content (AvgIpc) is 3.10. The van der Waals surface area contributed by atoms with Gasteiger partial charge in [0.2, 0.25) is 0 Å². The van der Waals surface area contributed by atoms with E-state index in [-0.39, 0.29) is 5.43 Å². The molecule has 7 nitrogen and oxygen atoms in total. The van der Waals surface area contributed by atoms with E-state index in [1.807, 2.05) is 42.5 Å². The zero-order chi connectivity index (χ0) is 31.1. The Morgan fingerprint density at radius 2 is 1.54 bits per heavy atom. The Kier molecular flexibility index (Phi) is 9.59. The molecule has 0 bridgehead atoms. The quantitative estimate of drug-likeness (QED) is 0.149. The van der Waals surface area contributed by atoms with Crippen molar-refractivity contribution in [1.82, 2.24) is 14.8 Å². The van der Waals surface area contributed by atoms with E-state index in [0.29, 0.717) is 23.3 Å². The molecule has 1 aliphatic heterocycles. The third-order valence-corrected chi connectivity index (χ3v) is 9.48. The standard InChI is InChI=1S/C39H44N4O3/c44-36-28-37(29-11-2-1-3-12-29)46-38-27-30(17-18-33(36)38)45-26-9-8-20-42-22-24-43(25-23-42)21-10-19-40-39-31-13-4-6-15-34(31)41-35-16-7-5-14-32(35)39/h1-4,6,11-13,15,17-18,27-28H,5,7-10,14,16,19-26H2,(H,40,41). The monoisotopic (exact) mass is 616 g/mol. The lowest BCUT2D eigenvalue weighted by Crippen LogP contribution is -2.47. The lowest BCUT2D eigenvalue weighted by molar-refractivity contribution is 0.129. The number of para-hydroxylation sites is 1. The van der Waals surface area contributed by atoms with Gasteiger partial charge in [0.1, 0.15) is 17.1 Å². The van der Waals surface area contributed by atoms with Crippen molar-refractivity contribution in [1.29, 1.82) is 0 Å². The van der Waals surface area contributed by atoms with E-state index in [1.165, 1.54) is 35.2 Å². The van der Waals surface area contributed by atoms with Crippen molar-refractivity contribution in [3.8, 4) is 17.1 Å². The van der Waals surface area contributed by atoms with Gasteiger partial charge in [-0.3, -0.25) is 9.78 Å². The molecule has 46 heavy (non-hydrogen) atoms. The molecule has 5 aromatic rings. The van der Waals surface area contributed by atoms with Crippen molar-refractivity contribution in [3.63, 3.8) is 0 Å². The van der Waals surface area contributed by atoms with Crippen molar-refractivity contribution in [2.45, 2.75) is 44.9 Å². The number of aromatic nitrogens is 1. The number of benzene rings is 3. The molecule has 0 spiro atoms. The first-order valence-electron chi connectivity index (χ1n) is 17.1. The molecule has 1 saturated heterocycles. The van der Waals surface area contributed by atoms with Crippen LogP contribution in [0.4, 0.5) is 5.69 Å². The molecule has 2 aliphatic rings. The van der Waals surface area contributed by atoms with Crippen molar-refractivity contribution in [3.05, 3.63) is 100 Å². The van der Waals surface area contributed by atoms with E-state index in [0.717, 1.165) is 94.7 Å². The Morgan fingerprint density at radius 3 is 2.39 bits per heavy atom. The number of unbranched alkanes of at least 4 members (excludes halogenated alkanes) is 1. The van der Waals surface area contributed by atoms with Gasteiger partial charge in [-0.1, -0.05) is 48.5 Å². The minimum Gasteiger partial charge on any atom is -0.493 e. The predicted molar refractivity (Wildman–Crippen MR) is 187 cm³/mol. The maximum absolute atomic E-state index is 12.6. The van der Waals surface area contributed by atoms with E-state index < -0.39 is 0 Å². The number of ether oxygens (including phenoxy) is 1. The van der Waals surface area contributed by atoms with Gasteiger partial charge < -0.3 is 24.3 Å². The van der Waals surface area contributed by atoms with Crippen molar-refractivity contribution in [2.75, 3.05) is 57.7 Å². The summed E-state index contributed by atoms with van der Waals surface area (Å²) in [6, 6.07) is 25.4. The molecule has 238 valence electrons. The van der Waals surface area contributed by atoms with Crippen molar-refractivity contribution in [2.24, 2.45) is 0 Å². The average molecular weight is 617 g/mol. The first kappa shape index (κ1) is 30.5. The second-order valence-corrected chi connectivity index (χ2v) is 12.7. The summed E-state index contributed by atoms with van der Waals surface area (Å²) in [5, 5.41) is 5.67. The van der Waals surface area contributed by atoms with Crippen LogP contribution in [0.2, 0.25) is 0 Å². The molecule has 7 rings (SSSR count). The van der Waals surface area contributed by atoms with Gasteiger partial charge in [0.15, 0.2) is 5.43 Å². The number of nitrogens with one attached hydrogen (secondary N) is 1. The zero-order valence-electron chi connectivity index (χ0n) is 26.7. The Labute approximate surface area is 271 Å². The molecule has 3 aromatic carbocycles. The number of fused-ring (bicyclic) bond motifs is 3. The topological polar surface area (TPSA) is 70.8 Å². The zero-order valence-corrected chi connectivity index (χ0v) is 26.7. The molecule has 0 amide bonds. The number of anilines is 1. The van der Waals surface area contributed by atoms with E-state index >= 15 is 0 Å². The second-order valence-electron chi connectivity index (χ2n) is 12.7. The van der Waals surface area contributed by atoms with Crippen LogP contribution in [0.15, 0.2) is 88.1 Å². The van der Waals surface area contributed by atoms with Crippen molar-refractivity contribution < 1.29 is 9.15 Å². The summed E-state index contributed by atoms with van der Waals surface area (Å²) in [6.07, 6.45) is 8.01. The Balaban J connectivity index is 0.816. The van der Waals surface area contributed by atoms with Crippen LogP contribution in [0.25, 0.3) is 33.2 Å². The Hall–Kier alpha value is -4.20. The molecule has 0 atom stereocenters. The fourth-order valence-electron chi connectivity index (χ4n) is 6.92. The number of hydrogen-bond donors (Lipinski definition) is 1. The summed E-state index contributed by atoms with van der Waals surface area (Å²) in [7, 11) is 0. The molecule has 0 saturated carbocycles. The first-order valence-corrected chi connectivity index (χ1v) is 17.1. The van der Waals surface area contributed by atoms with E-state index in [9.17, 15) is 4.79 Å². The summed E-state index contributed by atoms with van der Waals surface area (Å²) in [6.45, 7) is 8.42. The molecule has 0 radical (unpaired) electrons. The Bertz CT molecular complexity index is 1830. The maximum Gasteiger partial charge on any atom is 0.193 e. The van der Waals surface area contributed by atoms with Crippen LogP contribution < -0.4 is 15.5 Å². The van der Waals surface area contributed by atoms with Crippen LogP contribution >= 0.6 is 0 Å². The predicted octanol–water partition coefficient (Wildman–Crippen LogP) is 7.17. The third kappa shape index (κ3) is 7.11. The molecule has 1 aliphatic carbocycles. The summed E-state index contributed by atoms with van der Waals surface area (Å²) in [5.41, 5.74) is 6.61. The van der Waals surface area contributed by atoms with Gasteiger partial charge in [-0.05, 0) is 81.8 Å². The van der Waals surface area contributed by atoms with Gasteiger partial charge in [-0.15, -0.1) is 0 Å². The van der Waals surface area contributed by atoms with Crippen LogP contribution in [-0.2, 0) is 12.8 Å². The second kappa shape index (κ2) is 14.5.